The third kappa shape index (κ3) is 3.63. The second kappa shape index (κ2) is 7.85. The predicted molar refractivity (Wildman–Crippen MR) is 119 cm³/mol. The molecule has 0 spiro atoms. The molecule has 0 unspecified atom stereocenters. The Hall–Kier alpha value is -3.13. The van der Waals surface area contributed by atoms with Crippen LogP contribution in [0.3, 0.4) is 0 Å². The van der Waals surface area contributed by atoms with E-state index in [1.165, 1.54) is 0 Å². The fraction of sp³-hybridized carbons (Fsp3) is 0.0435. The number of fused-ring (bicyclic) bond motifs is 1. The van der Waals surface area contributed by atoms with Crippen molar-refractivity contribution >= 4 is 44.9 Å². The van der Waals surface area contributed by atoms with E-state index >= 15 is 0 Å². The molecule has 0 bridgehead atoms. The number of hydrogen-bond acceptors (Lipinski definition) is 4. The second-order valence-electron chi connectivity index (χ2n) is 6.26. The molecule has 3 nitrogen and oxygen atoms in total. The molecule has 1 N–H and O–H groups in total. The minimum absolute atomic E-state index is 0.619. The lowest BCUT2D eigenvalue weighted by Gasteiger charge is -2.11. The van der Waals surface area contributed by atoms with Crippen LogP contribution in [0.5, 0.6) is 0 Å². The Labute approximate surface area is 172 Å². The van der Waals surface area contributed by atoms with Crippen molar-refractivity contribution in [3.8, 4) is 16.6 Å². The van der Waals surface area contributed by atoms with Gasteiger partial charge >= 0.3 is 0 Å². The van der Waals surface area contributed by atoms with Crippen LogP contribution in [0.2, 0.25) is 5.02 Å². The van der Waals surface area contributed by atoms with Gasteiger partial charge in [0.05, 0.1) is 26.9 Å². The van der Waals surface area contributed by atoms with Crippen LogP contribution in [-0.4, -0.2) is 4.98 Å². The van der Waals surface area contributed by atoms with Crippen LogP contribution < -0.4 is 5.32 Å². The molecule has 5 heteroatoms. The van der Waals surface area contributed by atoms with Crippen molar-refractivity contribution in [1.29, 1.82) is 5.26 Å². The summed E-state index contributed by atoms with van der Waals surface area (Å²) in [4.78, 5) is 4.71. The molecule has 1 heterocycles. The highest BCUT2D eigenvalue weighted by molar-refractivity contribution is 7.21. The van der Waals surface area contributed by atoms with Crippen molar-refractivity contribution in [2.45, 2.75) is 6.54 Å². The molecule has 3 aromatic carbocycles. The van der Waals surface area contributed by atoms with E-state index in [9.17, 15) is 0 Å². The zero-order chi connectivity index (χ0) is 19.5. The number of rotatable bonds is 5. The van der Waals surface area contributed by atoms with E-state index in [0.717, 1.165) is 37.6 Å². The maximum atomic E-state index is 9.06. The van der Waals surface area contributed by atoms with Gasteiger partial charge in [-0.2, -0.15) is 5.26 Å². The maximum Gasteiger partial charge on any atom is 0.126 e. The molecule has 4 rings (SSSR count). The first-order valence-corrected chi connectivity index (χ1v) is 9.92. The second-order valence-corrected chi connectivity index (χ2v) is 7.70. The molecule has 0 aliphatic heterocycles. The molecule has 1 aromatic heterocycles. The van der Waals surface area contributed by atoms with Crippen molar-refractivity contribution in [2.24, 2.45) is 0 Å². The average Bonchev–Trinajstić information content (AvgIpc) is 3.17. The number of hydrogen-bond donors (Lipinski definition) is 1. The van der Waals surface area contributed by atoms with Gasteiger partial charge in [0.15, 0.2) is 0 Å². The standard InChI is InChI=1S/C23H16ClN3S/c1-2-16-11-15(13-25)7-8-17(16)14-26-18-9-10-20(24)19(12-18)23-27-21-5-3-4-6-22(21)28-23/h2-12,26H,1,14H2. The summed E-state index contributed by atoms with van der Waals surface area (Å²) in [6.07, 6.45) is 1.77. The maximum absolute atomic E-state index is 9.06. The van der Waals surface area contributed by atoms with Crippen molar-refractivity contribution in [2.75, 3.05) is 5.32 Å². The summed E-state index contributed by atoms with van der Waals surface area (Å²) in [5.41, 5.74) is 5.50. The van der Waals surface area contributed by atoms with Crippen LogP contribution in [0, 0.1) is 11.3 Å². The zero-order valence-electron chi connectivity index (χ0n) is 14.9. The first-order chi connectivity index (χ1) is 13.7. The van der Waals surface area contributed by atoms with Gasteiger partial charge in [-0.05, 0) is 53.6 Å². The van der Waals surface area contributed by atoms with Gasteiger partial charge in [-0.15, -0.1) is 11.3 Å². The summed E-state index contributed by atoms with van der Waals surface area (Å²) in [7, 11) is 0. The normalized spacial score (nSPS) is 10.6. The van der Waals surface area contributed by atoms with Crippen molar-refractivity contribution in [3.05, 3.63) is 89.0 Å². The molecular weight excluding hydrogens is 386 g/mol. The molecule has 28 heavy (non-hydrogen) atoms. The lowest BCUT2D eigenvalue weighted by Crippen LogP contribution is -2.02. The Morgan fingerprint density at radius 3 is 2.79 bits per heavy atom. The van der Waals surface area contributed by atoms with E-state index in [2.05, 4.69) is 24.0 Å². The van der Waals surface area contributed by atoms with Crippen molar-refractivity contribution < 1.29 is 0 Å². The number of aromatic nitrogens is 1. The van der Waals surface area contributed by atoms with Crippen LogP contribution in [0.4, 0.5) is 5.69 Å². The first-order valence-electron chi connectivity index (χ1n) is 8.73. The lowest BCUT2D eigenvalue weighted by atomic mass is 10.0. The quantitative estimate of drug-likeness (QED) is 0.402. The van der Waals surface area contributed by atoms with Crippen LogP contribution in [0.1, 0.15) is 16.7 Å². The molecule has 0 aliphatic carbocycles. The van der Waals surface area contributed by atoms with Gasteiger partial charge in [0.2, 0.25) is 0 Å². The minimum atomic E-state index is 0.619. The molecule has 0 amide bonds. The summed E-state index contributed by atoms with van der Waals surface area (Å²) >= 11 is 8.08. The first kappa shape index (κ1) is 18.2. The van der Waals surface area contributed by atoms with E-state index in [4.69, 9.17) is 21.8 Å². The van der Waals surface area contributed by atoms with Crippen LogP contribution in [0.25, 0.3) is 26.9 Å². The summed E-state index contributed by atoms with van der Waals surface area (Å²) in [6.45, 7) is 4.47. The Balaban J connectivity index is 1.61. The van der Waals surface area contributed by atoms with Crippen molar-refractivity contribution in [3.63, 3.8) is 0 Å². The van der Waals surface area contributed by atoms with E-state index in [-0.39, 0.29) is 0 Å². The molecule has 4 aromatic rings. The molecule has 0 aliphatic rings. The Kier molecular flexibility index (Phi) is 5.12. The number of nitrogens with one attached hydrogen (secondary N) is 1. The van der Waals surface area contributed by atoms with Gasteiger partial charge < -0.3 is 5.32 Å². The Morgan fingerprint density at radius 1 is 1.14 bits per heavy atom. The van der Waals surface area contributed by atoms with E-state index in [1.54, 1.807) is 17.4 Å². The number of nitriles is 1. The predicted octanol–water partition coefficient (Wildman–Crippen LogP) is 6.74. The summed E-state index contributed by atoms with van der Waals surface area (Å²) in [5, 5.41) is 14.1. The number of nitrogens with zero attached hydrogens (tertiary/aromatic N) is 2. The third-order valence-electron chi connectivity index (χ3n) is 4.47. The van der Waals surface area contributed by atoms with Crippen LogP contribution in [-0.2, 0) is 6.54 Å². The summed E-state index contributed by atoms with van der Waals surface area (Å²) in [5.74, 6) is 0. The molecule has 0 atom stereocenters. The number of benzene rings is 3. The highest BCUT2D eigenvalue weighted by atomic mass is 35.5. The Bertz CT molecular complexity index is 1190. The lowest BCUT2D eigenvalue weighted by molar-refractivity contribution is 1.14. The highest BCUT2D eigenvalue weighted by Crippen LogP contribution is 2.36. The van der Waals surface area contributed by atoms with Gasteiger partial charge in [0.1, 0.15) is 5.01 Å². The highest BCUT2D eigenvalue weighted by Gasteiger charge is 2.11. The molecule has 0 saturated carbocycles. The van der Waals surface area contributed by atoms with E-state index < -0.39 is 0 Å². The van der Waals surface area contributed by atoms with Gasteiger partial charge in [-0.1, -0.05) is 42.5 Å². The smallest absolute Gasteiger partial charge is 0.126 e. The monoisotopic (exact) mass is 401 g/mol. The van der Waals surface area contributed by atoms with Crippen LogP contribution in [0.15, 0.2) is 67.2 Å². The number of anilines is 1. The topological polar surface area (TPSA) is 48.7 Å². The molecular formula is C23H16ClN3S. The Morgan fingerprint density at radius 2 is 2.00 bits per heavy atom. The largest absolute Gasteiger partial charge is 0.381 e. The fourth-order valence-electron chi connectivity index (χ4n) is 3.00. The van der Waals surface area contributed by atoms with Gasteiger partial charge in [-0.3, -0.25) is 0 Å². The van der Waals surface area contributed by atoms with Gasteiger partial charge in [0, 0.05) is 17.8 Å². The average molecular weight is 402 g/mol. The molecule has 0 fully saturated rings. The number of halogens is 1. The number of para-hydroxylation sites is 1. The van der Waals surface area contributed by atoms with E-state index in [1.807, 2.05) is 54.6 Å². The van der Waals surface area contributed by atoms with E-state index in [0.29, 0.717) is 17.1 Å². The molecule has 0 radical (unpaired) electrons. The van der Waals surface area contributed by atoms with Crippen molar-refractivity contribution in [1.82, 2.24) is 4.98 Å². The molecule has 0 saturated heterocycles. The summed E-state index contributed by atoms with van der Waals surface area (Å²) < 4.78 is 1.14. The zero-order valence-corrected chi connectivity index (χ0v) is 16.5. The van der Waals surface area contributed by atoms with Gasteiger partial charge in [0.25, 0.3) is 0 Å². The SMILES string of the molecule is C=Cc1cc(C#N)ccc1CNc1ccc(Cl)c(-c2nc3ccccc3s2)c1. The fourth-order valence-corrected chi connectivity index (χ4v) is 4.26. The third-order valence-corrected chi connectivity index (χ3v) is 5.87. The minimum Gasteiger partial charge on any atom is -0.381 e. The molecule has 136 valence electrons. The number of thiazole rings is 1. The summed E-state index contributed by atoms with van der Waals surface area (Å²) in [6, 6.07) is 21.7. The van der Waals surface area contributed by atoms with Gasteiger partial charge in [-0.25, -0.2) is 4.98 Å². The van der Waals surface area contributed by atoms with Crippen LogP contribution >= 0.6 is 22.9 Å².